The zero-order valence-electron chi connectivity index (χ0n) is 11.4. The lowest BCUT2D eigenvalue weighted by molar-refractivity contribution is 0.0377. The molecule has 7 N–H and O–H groups in total. The molecule has 8 nitrogen and oxygen atoms in total. The summed E-state index contributed by atoms with van der Waals surface area (Å²) >= 11 is 1.06. The third-order valence-corrected chi connectivity index (χ3v) is 3.56. The van der Waals surface area contributed by atoms with Crippen LogP contribution in [0.25, 0.3) is 0 Å². The first kappa shape index (κ1) is 16.6. The number of aliphatic hydroxyl groups excluding tert-OH is 3. The molecule has 114 valence electrons. The van der Waals surface area contributed by atoms with E-state index in [9.17, 15) is 20.1 Å². The fraction of sp³-hybridized carbons (Fsp3) is 0.636. The van der Waals surface area contributed by atoms with Gasteiger partial charge in [-0.15, -0.1) is 0 Å². The topological polar surface area (TPSA) is 141 Å². The number of hydrogen-bond donors (Lipinski definition) is 6. The molecule has 1 amide bonds. The standard InChI is InChI=1S/C11H20N4O4S/c1-6(2)13-10-14-8(12)7(20-10)9(19)15-11(3-16,4-17)5-18/h6,16-18H,3-5,12H2,1-2H3,(H,13,14)(H,15,19). The number of aliphatic hydroxyl groups is 3. The lowest BCUT2D eigenvalue weighted by Gasteiger charge is -2.28. The molecule has 1 rings (SSSR count). The average molecular weight is 304 g/mol. The third kappa shape index (κ3) is 3.79. The van der Waals surface area contributed by atoms with Gasteiger partial charge in [0, 0.05) is 6.04 Å². The number of hydrogen-bond acceptors (Lipinski definition) is 8. The lowest BCUT2D eigenvalue weighted by Crippen LogP contribution is -2.57. The number of carbonyl (C=O) groups is 1. The van der Waals surface area contributed by atoms with Crippen molar-refractivity contribution in [3.8, 4) is 0 Å². The lowest BCUT2D eigenvalue weighted by atomic mass is 10.0. The highest BCUT2D eigenvalue weighted by Gasteiger charge is 2.31. The monoisotopic (exact) mass is 304 g/mol. The molecule has 1 aromatic rings. The van der Waals surface area contributed by atoms with Crippen molar-refractivity contribution in [3.63, 3.8) is 0 Å². The second-order valence-electron chi connectivity index (χ2n) is 4.74. The van der Waals surface area contributed by atoms with E-state index in [1.165, 1.54) is 0 Å². The molecule has 0 saturated carbocycles. The van der Waals surface area contributed by atoms with Gasteiger partial charge in [0.1, 0.15) is 16.2 Å². The highest BCUT2D eigenvalue weighted by atomic mass is 32.1. The second kappa shape index (κ2) is 6.84. The SMILES string of the molecule is CC(C)Nc1nc(N)c(C(=O)NC(CO)(CO)CO)s1. The van der Waals surface area contributed by atoms with Crippen LogP contribution < -0.4 is 16.4 Å². The summed E-state index contributed by atoms with van der Waals surface area (Å²) in [4.78, 5) is 16.3. The maximum absolute atomic E-state index is 12.1. The van der Waals surface area contributed by atoms with Crippen LogP contribution in [0.4, 0.5) is 10.9 Å². The number of amides is 1. The molecule has 0 atom stereocenters. The van der Waals surface area contributed by atoms with E-state index >= 15 is 0 Å². The van der Waals surface area contributed by atoms with Gasteiger partial charge in [0.15, 0.2) is 5.13 Å². The summed E-state index contributed by atoms with van der Waals surface area (Å²) in [5, 5.41) is 33.4. The molecule has 0 fully saturated rings. The van der Waals surface area contributed by atoms with E-state index in [0.29, 0.717) is 5.13 Å². The minimum absolute atomic E-state index is 0.0540. The average Bonchev–Trinajstić information content (AvgIpc) is 2.76. The molecule has 0 spiro atoms. The Morgan fingerprint density at radius 1 is 1.35 bits per heavy atom. The van der Waals surface area contributed by atoms with Gasteiger partial charge < -0.3 is 31.7 Å². The molecule has 0 aliphatic carbocycles. The molecule has 1 heterocycles. The van der Waals surface area contributed by atoms with Crippen LogP contribution in [-0.2, 0) is 0 Å². The van der Waals surface area contributed by atoms with Crippen molar-refractivity contribution in [2.24, 2.45) is 0 Å². The van der Waals surface area contributed by atoms with Crippen molar-refractivity contribution in [2.75, 3.05) is 30.9 Å². The molecule has 9 heteroatoms. The van der Waals surface area contributed by atoms with Crippen LogP contribution in [0.2, 0.25) is 0 Å². The van der Waals surface area contributed by atoms with Crippen molar-refractivity contribution in [1.82, 2.24) is 10.3 Å². The van der Waals surface area contributed by atoms with Gasteiger partial charge in [-0.1, -0.05) is 11.3 Å². The van der Waals surface area contributed by atoms with Crippen molar-refractivity contribution >= 4 is 28.2 Å². The number of nitrogens with one attached hydrogen (secondary N) is 2. The number of thiazole rings is 1. The zero-order chi connectivity index (χ0) is 15.3. The van der Waals surface area contributed by atoms with E-state index in [0.717, 1.165) is 11.3 Å². The van der Waals surface area contributed by atoms with Crippen molar-refractivity contribution in [1.29, 1.82) is 0 Å². The Bertz CT molecular complexity index is 451. The maximum atomic E-state index is 12.1. The van der Waals surface area contributed by atoms with Gasteiger partial charge in [-0.2, -0.15) is 0 Å². The molecule has 0 aliphatic rings. The van der Waals surface area contributed by atoms with Crippen LogP contribution in [-0.4, -0.2) is 57.6 Å². The minimum atomic E-state index is -1.49. The van der Waals surface area contributed by atoms with Crippen LogP contribution in [0.15, 0.2) is 0 Å². The first-order chi connectivity index (χ1) is 9.37. The van der Waals surface area contributed by atoms with Crippen molar-refractivity contribution in [2.45, 2.75) is 25.4 Å². The van der Waals surface area contributed by atoms with Crippen molar-refractivity contribution < 1.29 is 20.1 Å². The molecule has 0 bridgehead atoms. The summed E-state index contributed by atoms with van der Waals surface area (Å²) in [6, 6.07) is 0.142. The highest BCUT2D eigenvalue weighted by molar-refractivity contribution is 7.18. The van der Waals surface area contributed by atoms with E-state index in [4.69, 9.17) is 5.73 Å². The normalized spacial score (nSPS) is 11.7. The molecule has 20 heavy (non-hydrogen) atoms. The number of nitrogens with zero attached hydrogens (tertiary/aromatic N) is 1. The van der Waals surface area contributed by atoms with Crippen LogP contribution in [0.3, 0.4) is 0 Å². The summed E-state index contributed by atoms with van der Waals surface area (Å²) in [5.41, 5.74) is 4.19. The molecular weight excluding hydrogens is 284 g/mol. The maximum Gasteiger partial charge on any atom is 0.265 e. The highest BCUT2D eigenvalue weighted by Crippen LogP contribution is 2.25. The molecular formula is C11H20N4O4S. The summed E-state index contributed by atoms with van der Waals surface area (Å²) in [7, 11) is 0. The summed E-state index contributed by atoms with van der Waals surface area (Å²) < 4.78 is 0. The van der Waals surface area contributed by atoms with Crippen LogP contribution in [0.1, 0.15) is 23.5 Å². The molecule has 0 unspecified atom stereocenters. The molecule has 1 aromatic heterocycles. The predicted octanol–water partition coefficient (Wildman–Crippen LogP) is -1.01. The smallest absolute Gasteiger partial charge is 0.265 e. The van der Waals surface area contributed by atoms with Gasteiger partial charge in [0.05, 0.1) is 19.8 Å². The Morgan fingerprint density at radius 3 is 2.35 bits per heavy atom. The summed E-state index contributed by atoms with van der Waals surface area (Å²) in [6.45, 7) is 2.06. The Kier molecular flexibility index (Phi) is 5.69. The Hall–Kier alpha value is -1.42. The van der Waals surface area contributed by atoms with Gasteiger partial charge in [-0.25, -0.2) is 4.98 Å². The Morgan fingerprint density at radius 2 is 1.90 bits per heavy atom. The fourth-order valence-corrected chi connectivity index (χ4v) is 2.30. The van der Waals surface area contributed by atoms with E-state index in [-0.39, 0.29) is 16.7 Å². The molecule has 0 saturated heterocycles. The summed E-state index contributed by atoms with van der Waals surface area (Å²) in [5.74, 6) is -0.549. The van der Waals surface area contributed by atoms with Gasteiger partial charge in [-0.05, 0) is 13.8 Å². The number of nitrogen functional groups attached to an aromatic ring is 1. The largest absolute Gasteiger partial charge is 0.394 e. The molecule has 0 aliphatic heterocycles. The van der Waals surface area contributed by atoms with E-state index in [1.54, 1.807) is 0 Å². The number of aromatic nitrogens is 1. The number of carbonyl (C=O) groups excluding carboxylic acids is 1. The number of nitrogens with two attached hydrogens (primary N) is 1. The van der Waals surface area contributed by atoms with Crippen LogP contribution >= 0.6 is 11.3 Å². The van der Waals surface area contributed by atoms with E-state index in [1.807, 2.05) is 13.8 Å². The molecule has 0 aromatic carbocycles. The van der Waals surface area contributed by atoms with Crippen molar-refractivity contribution in [3.05, 3.63) is 4.88 Å². The van der Waals surface area contributed by atoms with Crippen LogP contribution in [0.5, 0.6) is 0 Å². The minimum Gasteiger partial charge on any atom is -0.394 e. The Labute approximate surface area is 120 Å². The van der Waals surface area contributed by atoms with Gasteiger partial charge in [0.25, 0.3) is 5.91 Å². The van der Waals surface area contributed by atoms with Crippen LogP contribution in [0, 0.1) is 0 Å². The molecule has 0 radical (unpaired) electrons. The Balaban J connectivity index is 2.89. The quantitative estimate of drug-likeness (QED) is 0.379. The summed E-state index contributed by atoms with van der Waals surface area (Å²) in [6.07, 6.45) is 0. The van der Waals surface area contributed by atoms with Gasteiger partial charge in [-0.3, -0.25) is 4.79 Å². The first-order valence-corrected chi connectivity index (χ1v) is 6.87. The second-order valence-corrected chi connectivity index (χ2v) is 5.74. The number of rotatable bonds is 7. The zero-order valence-corrected chi connectivity index (χ0v) is 12.2. The predicted molar refractivity (Wildman–Crippen MR) is 76.7 cm³/mol. The van der Waals surface area contributed by atoms with E-state index < -0.39 is 31.3 Å². The number of anilines is 2. The first-order valence-electron chi connectivity index (χ1n) is 6.05. The third-order valence-electron chi connectivity index (χ3n) is 2.56. The fourth-order valence-electron chi connectivity index (χ4n) is 1.37. The van der Waals surface area contributed by atoms with Gasteiger partial charge >= 0.3 is 0 Å². The van der Waals surface area contributed by atoms with E-state index in [2.05, 4.69) is 15.6 Å². The van der Waals surface area contributed by atoms with Gasteiger partial charge in [0.2, 0.25) is 0 Å².